The fraction of sp³-hybridized carbons (Fsp3) is 0.300. The second-order valence-electron chi connectivity index (χ2n) is 6.67. The predicted molar refractivity (Wildman–Crippen MR) is 96.6 cm³/mol. The maximum absolute atomic E-state index is 12.4. The van der Waals surface area contributed by atoms with Gasteiger partial charge in [-0.15, -0.1) is 0 Å². The van der Waals surface area contributed by atoms with E-state index in [1.807, 2.05) is 35.2 Å². The molecule has 1 aliphatic rings. The van der Waals surface area contributed by atoms with Gasteiger partial charge < -0.3 is 14.6 Å². The van der Waals surface area contributed by atoms with E-state index >= 15 is 0 Å². The third kappa shape index (κ3) is 3.09. The maximum atomic E-state index is 12.4. The van der Waals surface area contributed by atoms with Crippen LogP contribution < -0.4 is 4.74 Å². The Hall–Kier alpha value is -2.82. The van der Waals surface area contributed by atoms with E-state index in [2.05, 4.69) is 29.0 Å². The second-order valence-corrected chi connectivity index (χ2v) is 6.67. The minimum absolute atomic E-state index is 0.124. The lowest BCUT2D eigenvalue weighted by Gasteiger charge is -2.16. The van der Waals surface area contributed by atoms with Gasteiger partial charge in [0.1, 0.15) is 11.6 Å². The lowest BCUT2D eigenvalue weighted by molar-refractivity contribution is -0.128. The number of fused-ring (bicyclic) bond motifs is 1. The van der Waals surface area contributed by atoms with Crippen LogP contribution in [0, 0.1) is 6.92 Å². The molecule has 1 saturated heterocycles. The molecule has 0 spiro atoms. The van der Waals surface area contributed by atoms with E-state index in [4.69, 9.17) is 4.74 Å². The van der Waals surface area contributed by atoms with E-state index in [9.17, 15) is 4.79 Å². The van der Waals surface area contributed by atoms with Crippen molar-refractivity contribution in [3.05, 3.63) is 59.4 Å². The van der Waals surface area contributed by atoms with E-state index in [1.165, 1.54) is 5.56 Å². The number of nitrogens with zero attached hydrogens (tertiary/aromatic N) is 2. The number of aromatic nitrogens is 2. The minimum atomic E-state index is 0.124. The van der Waals surface area contributed by atoms with E-state index < -0.39 is 0 Å². The smallest absolute Gasteiger partial charge is 0.223 e. The average Bonchev–Trinajstić information content (AvgIpc) is 3.19. The molecule has 0 aliphatic carbocycles. The Morgan fingerprint density at radius 1 is 1.24 bits per heavy atom. The molecule has 1 N–H and O–H groups in total. The summed E-state index contributed by atoms with van der Waals surface area (Å²) in [6.07, 6.45) is 0.509. The molecule has 1 aliphatic heterocycles. The number of aryl methyl sites for hydroxylation is 1. The molecule has 0 bridgehead atoms. The molecular weight excluding hydrogens is 314 g/mol. The molecule has 5 nitrogen and oxygen atoms in total. The minimum Gasteiger partial charge on any atom is -0.497 e. The molecule has 128 valence electrons. The quantitative estimate of drug-likeness (QED) is 0.795. The lowest BCUT2D eigenvalue weighted by atomic mass is 10.1. The average molecular weight is 335 g/mol. The third-order valence-corrected chi connectivity index (χ3v) is 4.79. The van der Waals surface area contributed by atoms with Crippen molar-refractivity contribution in [2.75, 3.05) is 13.7 Å². The Morgan fingerprint density at radius 2 is 2.04 bits per heavy atom. The molecule has 0 saturated carbocycles. The summed E-state index contributed by atoms with van der Waals surface area (Å²) in [5.41, 5.74) is 4.30. The molecule has 1 amide bonds. The van der Waals surface area contributed by atoms with Crippen LogP contribution in [-0.2, 0) is 11.3 Å². The first-order chi connectivity index (χ1) is 12.1. The van der Waals surface area contributed by atoms with Crippen LogP contribution in [-0.4, -0.2) is 34.4 Å². The highest BCUT2D eigenvalue weighted by Crippen LogP contribution is 2.29. The molecule has 1 atom stereocenters. The number of ether oxygens (including phenoxy) is 1. The number of rotatable bonds is 4. The first-order valence-corrected chi connectivity index (χ1v) is 8.49. The molecule has 2 aromatic carbocycles. The summed E-state index contributed by atoms with van der Waals surface area (Å²) in [6, 6.07) is 14.0. The van der Waals surface area contributed by atoms with Gasteiger partial charge in [0.05, 0.1) is 18.1 Å². The van der Waals surface area contributed by atoms with Crippen LogP contribution in [0.3, 0.4) is 0 Å². The van der Waals surface area contributed by atoms with Crippen LogP contribution in [0.5, 0.6) is 5.75 Å². The second kappa shape index (κ2) is 6.24. The maximum Gasteiger partial charge on any atom is 0.223 e. The van der Waals surface area contributed by atoms with Crippen molar-refractivity contribution in [1.29, 1.82) is 0 Å². The van der Waals surface area contributed by atoms with Crippen LogP contribution in [0.1, 0.15) is 29.3 Å². The highest BCUT2D eigenvalue weighted by molar-refractivity contribution is 5.80. The fourth-order valence-electron chi connectivity index (χ4n) is 3.40. The van der Waals surface area contributed by atoms with Crippen LogP contribution in [0.2, 0.25) is 0 Å². The first-order valence-electron chi connectivity index (χ1n) is 8.49. The van der Waals surface area contributed by atoms with Crippen molar-refractivity contribution in [3.63, 3.8) is 0 Å². The zero-order chi connectivity index (χ0) is 17.4. The van der Waals surface area contributed by atoms with Crippen molar-refractivity contribution in [1.82, 2.24) is 14.9 Å². The van der Waals surface area contributed by atoms with Crippen LogP contribution >= 0.6 is 0 Å². The van der Waals surface area contributed by atoms with Crippen molar-refractivity contribution in [2.24, 2.45) is 0 Å². The Morgan fingerprint density at radius 3 is 2.80 bits per heavy atom. The number of imidazole rings is 1. The molecule has 0 unspecified atom stereocenters. The summed E-state index contributed by atoms with van der Waals surface area (Å²) in [7, 11) is 1.65. The Bertz CT molecular complexity index is 914. The highest BCUT2D eigenvalue weighted by Gasteiger charge is 2.32. The summed E-state index contributed by atoms with van der Waals surface area (Å²) in [6.45, 7) is 3.39. The van der Waals surface area contributed by atoms with Crippen LogP contribution in [0.4, 0.5) is 0 Å². The number of carbonyl (C=O) groups excluding carboxylic acids is 1. The van der Waals surface area contributed by atoms with E-state index in [0.717, 1.165) is 28.2 Å². The molecule has 1 aromatic heterocycles. The SMILES string of the molecule is COc1ccc(CN2C[C@H](c3nc4ccc(C)cc4[nH]3)CC2=O)cc1. The summed E-state index contributed by atoms with van der Waals surface area (Å²) < 4.78 is 5.18. The standard InChI is InChI=1S/C20H21N3O2/c1-13-3-8-17-18(9-13)22-20(21-17)15-10-19(24)23(12-15)11-14-4-6-16(25-2)7-5-14/h3-9,15H,10-12H2,1-2H3,(H,21,22)/t15-/m1/s1. The zero-order valence-electron chi connectivity index (χ0n) is 14.5. The number of carbonyl (C=O) groups is 1. The number of likely N-dealkylation sites (tertiary alicyclic amines) is 1. The van der Waals surface area contributed by atoms with Gasteiger partial charge in [-0.25, -0.2) is 4.98 Å². The normalized spacial score (nSPS) is 17.4. The molecular formula is C20H21N3O2. The molecule has 5 heteroatoms. The molecule has 1 fully saturated rings. The van der Waals surface area contributed by atoms with Crippen molar-refractivity contribution in [3.8, 4) is 5.75 Å². The summed E-state index contributed by atoms with van der Waals surface area (Å²) >= 11 is 0. The monoisotopic (exact) mass is 335 g/mol. The van der Waals surface area contributed by atoms with Crippen molar-refractivity contribution < 1.29 is 9.53 Å². The Labute approximate surface area is 146 Å². The van der Waals surface area contributed by atoms with E-state index in [0.29, 0.717) is 19.5 Å². The molecule has 0 radical (unpaired) electrons. The predicted octanol–water partition coefficient (Wildman–Crippen LogP) is 3.40. The Balaban J connectivity index is 1.50. The summed E-state index contributed by atoms with van der Waals surface area (Å²) in [5.74, 6) is 2.04. The zero-order valence-corrected chi connectivity index (χ0v) is 14.5. The fourth-order valence-corrected chi connectivity index (χ4v) is 3.40. The number of hydrogen-bond acceptors (Lipinski definition) is 3. The van der Waals surface area contributed by atoms with Gasteiger partial charge in [0.25, 0.3) is 0 Å². The van der Waals surface area contributed by atoms with Crippen LogP contribution in [0.15, 0.2) is 42.5 Å². The number of amides is 1. The lowest BCUT2D eigenvalue weighted by Crippen LogP contribution is -2.24. The summed E-state index contributed by atoms with van der Waals surface area (Å²) in [5, 5.41) is 0. The molecule has 4 rings (SSSR count). The van der Waals surface area contributed by atoms with Gasteiger partial charge in [0, 0.05) is 25.4 Å². The summed E-state index contributed by atoms with van der Waals surface area (Å²) in [4.78, 5) is 22.4. The number of H-pyrrole nitrogens is 1. The number of benzene rings is 2. The first kappa shape index (κ1) is 15.7. The van der Waals surface area contributed by atoms with Gasteiger partial charge in [-0.2, -0.15) is 0 Å². The largest absolute Gasteiger partial charge is 0.497 e. The number of hydrogen-bond donors (Lipinski definition) is 1. The Kier molecular flexibility index (Phi) is 3.92. The topological polar surface area (TPSA) is 58.2 Å². The van der Waals surface area contributed by atoms with Gasteiger partial charge >= 0.3 is 0 Å². The van der Waals surface area contributed by atoms with E-state index in [-0.39, 0.29) is 11.8 Å². The molecule has 25 heavy (non-hydrogen) atoms. The van der Waals surface area contributed by atoms with Gasteiger partial charge in [0.15, 0.2) is 0 Å². The molecule has 3 aromatic rings. The van der Waals surface area contributed by atoms with Gasteiger partial charge in [0.2, 0.25) is 5.91 Å². The van der Waals surface area contributed by atoms with E-state index in [1.54, 1.807) is 7.11 Å². The highest BCUT2D eigenvalue weighted by atomic mass is 16.5. The van der Waals surface area contributed by atoms with Gasteiger partial charge in [-0.1, -0.05) is 18.2 Å². The number of aromatic amines is 1. The van der Waals surface area contributed by atoms with Gasteiger partial charge in [-0.05, 0) is 42.3 Å². The number of methoxy groups -OCH3 is 1. The van der Waals surface area contributed by atoms with Crippen molar-refractivity contribution in [2.45, 2.75) is 25.8 Å². The van der Waals surface area contributed by atoms with Crippen LogP contribution in [0.25, 0.3) is 11.0 Å². The number of nitrogens with one attached hydrogen (secondary N) is 1. The third-order valence-electron chi connectivity index (χ3n) is 4.79. The van der Waals surface area contributed by atoms with Crippen molar-refractivity contribution >= 4 is 16.9 Å². The van der Waals surface area contributed by atoms with Gasteiger partial charge in [-0.3, -0.25) is 4.79 Å². The molecule has 2 heterocycles.